The number of rotatable bonds is 6. The summed E-state index contributed by atoms with van der Waals surface area (Å²) in [4.78, 5) is 31.3. The van der Waals surface area contributed by atoms with Crippen LogP contribution in [-0.4, -0.2) is 51.9 Å². The molecule has 0 spiro atoms. The van der Waals surface area contributed by atoms with E-state index in [1.165, 1.54) is 11.3 Å². The molecule has 1 aliphatic heterocycles. The standard InChI is InChI=1S/C25H29N7OS/c1-16-3-5-19(6-4-16)31(2)22-8-7-20-24(30-22)34-25(28-20)29-21-13-17(9-11-27-21)14-23(33)32-12-10-18(26)15-32/h3,5-9,11,13,16,18H,4,10,12,14-15,26H2,1-2H3,(H,27,28,29)/t16?,18-/m1/s1. The Morgan fingerprint density at radius 3 is 2.97 bits per heavy atom. The molecular formula is C25H29N7OS. The van der Waals surface area contributed by atoms with Crippen molar-refractivity contribution in [1.82, 2.24) is 19.9 Å². The quantitative estimate of drug-likeness (QED) is 0.558. The maximum atomic E-state index is 12.6. The van der Waals surface area contributed by atoms with Crippen molar-refractivity contribution in [2.75, 3.05) is 30.4 Å². The van der Waals surface area contributed by atoms with Crippen molar-refractivity contribution >= 4 is 44.4 Å². The van der Waals surface area contributed by atoms with Gasteiger partial charge >= 0.3 is 0 Å². The molecule has 1 amide bonds. The third kappa shape index (κ3) is 4.95. The van der Waals surface area contributed by atoms with Gasteiger partial charge in [-0.2, -0.15) is 0 Å². The second-order valence-corrected chi connectivity index (χ2v) is 9.99. The van der Waals surface area contributed by atoms with Crippen molar-refractivity contribution in [3.63, 3.8) is 0 Å². The van der Waals surface area contributed by atoms with E-state index in [-0.39, 0.29) is 11.9 Å². The Morgan fingerprint density at radius 1 is 1.32 bits per heavy atom. The number of likely N-dealkylation sites (N-methyl/N-ethyl adjacent to an activating group) is 1. The van der Waals surface area contributed by atoms with Crippen LogP contribution in [0.2, 0.25) is 0 Å². The van der Waals surface area contributed by atoms with Gasteiger partial charge in [0.25, 0.3) is 0 Å². The van der Waals surface area contributed by atoms with Gasteiger partial charge in [-0.1, -0.05) is 30.4 Å². The number of hydrogen-bond donors (Lipinski definition) is 2. The van der Waals surface area contributed by atoms with Crippen LogP contribution in [0.3, 0.4) is 0 Å². The van der Waals surface area contributed by atoms with Crippen LogP contribution in [0.15, 0.2) is 54.4 Å². The molecule has 176 valence electrons. The molecule has 0 aromatic carbocycles. The lowest BCUT2D eigenvalue weighted by Gasteiger charge is -2.22. The molecule has 34 heavy (non-hydrogen) atoms. The zero-order chi connectivity index (χ0) is 23.7. The molecule has 0 radical (unpaired) electrons. The molecule has 4 heterocycles. The molecule has 1 unspecified atom stereocenters. The molecule has 1 aliphatic carbocycles. The Labute approximate surface area is 203 Å². The van der Waals surface area contributed by atoms with E-state index in [0.29, 0.717) is 24.7 Å². The van der Waals surface area contributed by atoms with Crippen LogP contribution < -0.4 is 16.0 Å². The minimum absolute atomic E-state index is 0.0890. The van der Waals surface area contributed by atoms with Crippen molar-refractivity contribution in [2.24, 2.45) is 11.7 Å². The summed E-state index contributed by atoms with van der Waals surface area (Å²) in [7, 11) is 2.03. The molecular weight excluding hydrogens is 446 g/mol. The Hall–Kier alpha value is -3.30. The first kappa shape index (κ1) is 22.5. The van der Waals surface area contributed by atoms with Gasteiger partial charge in [0.1, 0.15) is 22.0 Å². The number of carbonyl (C=O) groups excluding carboxylic acids is 1. The Bertz CT molecular complexity index is 1270. The normalized spacial score (nSPS) is 20.0. The number of nitrogens with one attached hydrogen (secondary N) is 1. The van der Waals surface area contributed by atoms with Crippen LogP contribution in [0.1, 0.15) is 25.3 Å². The molecule has 0 bridgehead atoms. The zero-order valence-corrected chi connectivity index (χ0v) is 20.3. The minimum atomic E-state index is 0.0890. The number of pyridine rings is 2. The fourth-order valence-corrected chi connectivity index (χ4v) is 5.05. The molecule has 5 rings (SSSR count). The molecule has 3 aromatic heterocycles. The summed E-state index contributed by atoms with van der Waals surface area (Å²) in [5.41, 5.74) is 8.83. The lowest BCUT2D eigenvalue weighted by atomic mass is 10.0. The zero-order valence-electron chi connectivity index (χ0n) is 19.4. The Kier molecular flexibility index (Phi) is 6.30. The molecule has 1 fully saturated rings. The van der Waals surface area contributed by atoms with Crippen molar-refractivity contribution in [1.29, 1.82) is 0 Å². The van der Waals surface area contributed by atoms with Gasteiger partial charge in [-0.25, -0.2) is 15.0 Å². The van der Waals surface area contributed by atoms with Crippen LogP contribution in [0.25, 0.3) is 10.3 Å². The average Bonchev–Trinajstić information content (AvgIpc) is 3.44. The fraction of sp³-hybridized carbons (Fsp3) is 0.360. The number of nitrogens with zero attached hydrogens (tertiary/aromatic N) is 5. The lowest BCUT2D eigenvalue weighted by molar-refractivity contribution is -0.129. The first-order valence-electron chi connectivity index (χ1n) is 11.6. The number of likely N-dealkylation sites (tertiary alicyclic amines) is 1. The highest BCUT2D eigenvalue weighted by Gasteiger charge is 2.23. The molecule has 1 saturated heterocycles. The van der Waals surface area contributed by atoms with E-state index in [1.54, 1.807) is 6.20 Å². The third-order valence-electron chi connectivity index (χ3n) is 6.26. The van der Waals surface area contributed by atoms with Gasteiger partial charge in [0.2, 0.25) is 5.91 Å². The number of hydrogen-bond acceptors (Lipinski definition) is 8. The van der Waals surface area contributed by atoms with E-state index in [9.17, 15) is 4.79 Å². The van der Waals surface area contributed by atoms with Gasteiger partial charge in [0.05, 0.1) is 6.42 Å². The molecule has 9 heteroatoms. The van der Waals surface area contributed by atoms with Crippen molar-refractivity contribution < 1.29 is 4.79 Å². The average molecular weight is 476 g/mol. The van der Waals surface area contributed by atoms with Crippen molar-refractivity contribution in [3.8, 4) is 0 Å². The third-order valence-corrected chi connectivity index (χ3v) is 7.14. The van der Waals surface area contributed by atoms with E-state index >= 15 is 0 Å². The summed E-state index contributed by atoms with van der Waals surface area (Å²) < 4.78 is 0. The fourth-order valence-electron chi connectivity index (χ4n) is 4.21. The number of anilines is 3. The van der Waals surface area contributed by atoms with Gasteiger partial charge < -0.3 is 20.9 Å². The molecule has 0 saturated carbocycles. The minimum Gasteiger partial charge on any atom is -0.341 e. The molecule has 8 nitrogen and oxygen atoms in total. The van der Waals surface area contributed by atoms with Crippen LogP contribution in [0.5, 0.6) is 0 Å². The lowest BCUT2D eigenvalue weighted by Crippen LogP contribution is -2.32. The number of thiazole rings is 1. The summed E-state index contributed by atoms with van der Waals surface area (Å²) in [6.07, 6.45) is 10.6. The van der Waals surface area contributed by atoms with Crippen LogP contribution >= 0.6 is 11.3 Å². The Morgan fingerprint density at radius 2 is 2.21 bits per heavy atom. The number of amides is 1. The Balaban J connectivity index is 1.28. The first-order chi connectivity index (χ1) is 16.4. The van der Waals surface area contributed by atoms with Gasteiger partial charge in [-0.3, -0.25) is 4.79 Å². The predicted octanol–water partition coefficient (Wildman–Crippen LogP) is 3.85. The van der Waals surface area contributed by atoms with Gasteiger partial charge in [0, 0.05) is 38.1 Å². The van der Waals surface area contributed by atoms with Gasteiger partial charge in [0.15, 0.2) is 5.13 Å². The summed E-state index contributed by atoms with van der Waals surface area (Å²) in [5.74, 6) is 2.22. The monoisotopic (exact) mass is 475 g/mol. The van der Waals surface area contributed by atoms with E-state index in [1.807, 2.05) is 36.2 Å². The van der Waals surface area contributed by atoms with Gasteiger partial charge in [-0.05, 0) is 54.7 Å². The topological polar surface area (TPSA) is 100 Å². The maximum absolute atomic E-state index is 12.6. The molecule has 2 aliphatic rings. The van der Waals surface area contributed by atoms with Crippen LogP contribution in [0, 0.1) is 5.92 Å². The van der Waals surface area contributed by atoms with Crippen molar-refractivity contribution in [3.05, 3.63) is 60.0 Å². The highest BCUT2D eigenvalue weighted by Crippen LogP contribution is 2.30. The highest BCUT2D eigenvalue weighted by molar-refractivity contribution is 7.21. The first-order valence-corrected chi connectivity index (χ1v) is 12.4. The van der Waals surface area contributed by atoms with Gasteiger partial charge in [-0.15, -0.1) is 0 Å². The number of allylic oxidation sites excluding steroid dienone is 3. The highest BCUT2D eigenvalue weighted by atomic mass is 32.1. The SMILES string of the molecule is CC1C=CC(N(C)c2ccc3nc(Nc4cc(CC(=O)N5CC[C@@H](N)C5)ccn4)sc3n2)=CC1. The van der Waals surface area contributed by atoms with E-state index < -0.39 is 0 Å². The van der Waals surface area contributed by atoms with E-state index in [0.717, 1.165) is 51.9 Å². The maximum Gasteiger partial charge on any atom is 0.227 e. The van der Waals surface area contributed by atoms with E-state index in [2.05, 4.69) is 45.3 Å². The summed E-state index contributed by atoms with van der Waals surface area (Å²) in [5, 5.41) is 3.99. The largest absolute Gasteiger partial charge is 0.341 e. The molecule has 3 aromatic rings. The number of fused-ring (bicyclic) bond motifs is 1. The van der Waals surface area contributed by atoms with Crippen LogP contribution in [-0.2, 0) is 11.2 Å². The predicted molar refractivity (Wildman–Crippen MR) is 137 cm³/mol. The summed E-state index contributed by atoms with van der Waals surface area (Å²) >= 11 is 1.48. The second-order valence-electron chi connectivity index (χ2n) is 9.01. The van der Waals surface area contributed by atoms with Crippen molar-refractivity contribution in [2.45, 2.75) is 32.2 Å². The number of carbonyl (C=O) groups is 1. The molecule has 2 atom stereocenters. The van der Waals surface area contributed by atoms with Crippen LogP contribution in [0.4, 0.5) is 16.8 Å². The smallest absolute Gasteiger partial charge is 0.227 e. The number of aromatic nitrogens is 3. The number of nitrogens with two attached hydrogens (primary N) is 1. The second kappa shape index (κ2) is 9.52. The van der Waals surface area contributed by atoms with E-state index in [4.69, 9.17) is 10.7 Å². The molecule has 3 N–H and O–H groups in total. The summed E-state index contributed by atoms with van der Waals surface area (Å²) in [6.45, 7) is 3.59. The summed E-state index contributed by atoms with van der Waals surface area (Å²) in [6, 6.07) is 7.85.